The van der Waals surface area contributed by atoms with E-state index >= 15 is 0 Å². The van der Waals surface area contributed by atoms with E-state index in [9.17, 15) is 9.18 Å². The minimum absolute atomic E-state index is 0.177. The highest BCUT2D eigenvalue weighted by Crippen LogP contribution is 2.15. The van der Waals surface area contributed by atoms with Crippen molar-refractivity contribution < 1.29 is 9.18 Å². The average Bonchev–Trinajstić information content (AvgIpc) is 2.32. The van der Waals surface area contributed by atoms with E-state index in [0.29, 0.717) is 30.9 Å². The Morgan fingerprint density at radius 3 is 2.79 bits per heavy atom. The van der Waals surface area contributed by atoms with Crippen LogP contribution in [0.5, 0.6) is 0 Å². The van der Waals surface area contributed by atoms with Gasteiger partial charge in [-0.15, -0.1) is 0 Å². The largest absolute Gasteiger partial charge is 0.354 e. The van der Waals surface area contributed by atoms with E-state index < -0.39 is 6.04 Å². The van der Waals surface area contributed by atoms with Crippen LogP contribution in [0.4, 0.5) is 4.39 Å². The van der Waals surface area contributed by atoms with Crippen molar-refractivity contribution in [2.24, 2.45) is 11.7 Å². The van der Waals surface area contributed by atoms with Crippen LogP contribution in [0.2, 0.25) is 0 Å². The van der Waals surface area contributed by atoms with Crippen molar-refractivity contribution in [1.29, 1.82) is 0 Å². The second kappa shape index (κ2) is 7.60. The lowest BCUT2D eigenvalue weighted by molar-refractivity contribution is -0.122. The van der Waals surface area contributed by atoms with E-state index in [1.807, 2.05) is 13.8 Å². The predicted molar refractivity (Wildman–Crippen MR) is 78.2 cm³/mol. The molecule has 1 amide bonds. The molecule has 106 valence electrons. The van der Waals surface area contributed by atoms with Gasteiger partial charge in [-0.3, -0.25) is 4.79 Å². The lowest BCUT2D eigenvalue weighted by Gasteiger charge is -2.14. The number of hydrogen-bond donors (Lipinski definition) is 2. The smallest absolute Gasteiger partial charge is 0.236 e. The topological polar surface area (TPSA) is 55.1 Å². The van der Waals surface area contributed by atoms with Gasteiger partial charge in [-0.05, 0) is 42.5 Å². The van der Waals surface area contributed by atoms with E-state index in [0.717, 1.165) is 4.47 Å². The van der Waals surface area contributed by atoms with Crippen LogP contribution >= 0.6 is 15.9 Å². The van der Waals surface area contributed by atoms with E-state index in [2.05, 4.69) is 21.2 Å². The first-order valence-electron chi connectivity index (χ1n) is 6.37. The molecule has 0 spiro atoms. The molecule has 1 aromatic carbocycles. The van der Waals surface area contributed by atoms with Crippen molar-refractivity contribution in [3.05, 3.63) is 34.1 Å². The third-order valence-corrected chi connectivity index (χ3v) is 3.26. The van der Waals surface area contributed by atoms with Gasteiger partial charge in [0.1, 0.15) is 5.82 Å². The molecule has 0 saturated heterocycles. The van der Waals surface area contributed by atoms with Gasteiger partial charge >= 0.3 is 0 Å². The summed E-state index contributed by atoms with van der Waals surface area (Å²) < 4.78 is 14.3. The molecule has 0 unspecified atom stereocenters. The summed E-state index contributed by atoms with van der Waals surface area (Å²) >= 11 is 3.29. The van der Waals surface area contributed by atoms with Gasteiger partial charge in [0.25, 0.3) is 0 Å². The summed E-state index contributed by atoms with van der Waals surface area (Å²) in [7, 11) is 0. The predicted octanol–water partition coefficient (Wildman–Crippen LogP) is 2.62. The Morgan fingerprint density at radius 2 is 2.16 bits per heavy atom. The monoisotopic (exact) mass is 330 g/mol. The third-order valence-electron chi connectivity index (χ3n) is 2.76. The maximum absolute atomic E-state index is 13.5. The highest BCUT2D eigenvalue weighted by atomic mass is 79.9. The summed E-state index contributed by atoms with van der Waals surface area (Å²) in [6.45, 7) is 4.42. The number of rotatable bonds is 6. The molecule has 1 rings (SSSR count). The molecule has 0 bridgehead atoms. The maximum Gasteiger partial charge on any atom is 0.236 e. The molecule has 0 aliphatic rings. The molecule has 0 fully saturated rings. The fourth-order valence-corrected chi connectivity index (χ4v) is 2.21. The van der Waals surface area contributed by atoms with Gasteiger partial charge in [0.15, 0.2) is 0 Å². The van der Waals surface area contributed by atoms with Gasteiger partial charge in [-0.1, -0.05) is 29.8 Å². The zero-order valence-electron chi connectivity index (χ0n) is 11.2. The molecular formula is C14H20BrFN2O. The van der Waals surface area contributed by atoms with Crippen LogP contribution in [0, 0.1) is 11.7 Å². The summed E-state index contributed by atoms with van der Waals surface area (Å²) in [6.07, 6.45) is 1.10. The fourth-order valence-electron chi connectivity index (χ4n) is 1.80. The lowest BCUT2D eigenvalue weighted by Crippen LogP contribution is -2.42. The Hall–Kier alpha value is -0.940. The van der Waals surface area contributed by atoms with E-state index in [4.69, 9.17) is 5.73 Å². The molecule has 0 saturated carbocycles. The van der Waals surface area contributed by atoms with E-state index in [-0.39, 0.29) is 11.7 Å². The first-order chi connectivity index (χ1) is 8.90. The SMILES string of the molecule is CC(C)C[C@H](N)C(=O)NCCc1cc(Br)ccc1F. The Bertz CT molecular complexity index is 437. The molecule has 19 heavy (non-hydrogen) atoms. The van der Waals surface area contributed by atoms with Crippen molar-refractivity contribution in [2.45, 2.75) is 32.7 Å². The van der Waals surface area contributed by atoms with Crippen LogP contribution in [-0.4, -0.2) is 18.5 Å². The normalized spacial score (nSPS) is 12.5. The highest BCUT2D eigenvalue weighted by molar-refractivity contribution is 9.10. The first kappa shape index (κ1) is 16.1. The second-order valence-corrected chi connectivity index (χ2v) is 5.93. The second-order valence-electron chi connectivity index (χ2n) is 5.01. The maximum atomic E-state index is 13.5. The Labute approximate surface area is 121 Å². The molecule has 0 aliphatic carbocycles. The minimum Gasteiger partial charge on any atom is -0.354 e. The summed E-state index contributed by atoms with van der Waals surface area (Å²) in [5.41, 5.74) is 6.33. The van der Waals surface area contributed by atoms with Crippen molar-refractivity contribution >= 4 is 21.8 Å². The van der Waals surface area contributed by atoms with Crippen LogP contribution < -0.4 is 11.1 Å². The molecule has 3 nitrogen and oxygen atoms in total. The summed E-state index contributed by atoms with van der Waals surface area (Å²) in [4.78, 5) is 11.7. The zero-order valence-corrected chi connectivity index (χ0v) is 12.8. The number of nitrogens with two attached hydrogens (primary N) is 1. The molecule has 3 N–H and O–H groups in total. The zero-order chi connectivity index (χ0) is 14.4. The number of carbonyl (C=O) groups excluding carboxylic acids is 1. The molecule has 1 aromatic rings. The Kier molecular flexibility index (Phi) is 6.45. The van der Waals surface area contributed by atoms with Gasteiger partial charge in [-0.25, -0.2) is 4.39 Å². The number of amides is 1. The molecule has 0 aromatic heterocycles. The van der Waals surface area contributed by atoms with Gasteiger partial charge in [0.05, 0.1) is 6.04 Å². The number of carbonyl (C=O) groups is 1. The van der Waals surface area contributed by atoms with Gasteiger partial charge in [0.2, 0.25) is 5.91 Å². The summed E-state index contributed by atoms with van der Waals surface area (Å²) in [5.74, 6) is -0.0590. The summed E-state index contributed by atoms with van der Waals surface area (Å²) in [5, 5.41) is 2.74. The lowest BCUT2D eigenvalue weighted by atomic mass is 10.0. The van der Waals surface area contributed by atoms with Gasteiger partial charge in [0, 0.05) is 11.0 Å². The number of nitrogens with one attached hydrogen (secondary N) is 1. The molecule has 0 heterocycles. The summed E-state index contributed by atoms with van der Waals surface area (Å²) in [6, 6.07) is 4.28. The van der Waals surface area contributed by atoms with Crippen molar-refractivity contribution in [3.8, 4) is 0 Å². The average molecular weight is 331 g/mol. The third kappa shape index (κ3) is 5.70. The molecule has 1 atom stereocenters. The highest BCUT2D eigenvalue weighted by Gasteiger charge is 2.14. The van der Waals surface area contributed by atoms with Crippen LogP contribution in [-0.2, 0) is 11.2 Å². The van der Waals surface area contributed by atoms with Crippen LogP contribution in [0.25, 0.3) is 0 Å². The number of hydrogen-bond acceptors (Lipinski definition) is 2. The molecule has 0 aliphatic heterocycles. The van der Waals surface area contributed by atoms with Gasteiger partial charge < -0.3 is 11.1 Å². The molecular weight excluding hydrogens is 311 g/mol. The van der Waals surface area contributed by atoms with E-state index in [1.165, 1.54) is 6.07 Å². The number of benzene rings is 1. The van der Waals surface area contributed by atoms with Crippen LogP contribution in [0.3, 0.4) is 0 Å². The number of halogens is 2. The molecule has 5 heteroatoms. The standard InChI is InChI=1S/C14H20BrFN2O/c1-9(2)7-13(17)14(19)18-6-5-10-8-11(15)3-4-12(10)16/h3-4,8-9,13H,5-7,17H2,1-2H3,(H,18,19)/t13-/m0/s1. The Balaban J connectivity index is 2.41. The first-order valence-corrected chi connectivity index (χ1v) is 7.16. The Morgan fingerprint density at radius 1 is 1.47 bits per heavy atom. The van der Waals surface area contributed by atoms with Gasteiger partial charge in [-0.2, -0.15) is 0 Å². The van der Waals surface area contributed by atoms with Crippen molar-refractivity contribution in [1.82, 2.24) is 5.32 Å². The molecule has 0 radical (unpaired) electrons. The quantitative estimate of drug-likeness (QED) is 0.842. The van der Waals surface area contributed by atoms with Crippen molar-refractivity contribution in [2.75, 3.05) is 6.54 Å². The van der Waals surface area contributed by atoms with Crippen LogP contribution in [0.15, 0.2) is 22.7 Å². The van der Waals surface area contributed by atoms with Crippen LogP contribution in [0.1, 0.15) is 25.8 Å². The fraction of sp³-hybridized carbons (Fsp3) is 0.500. The minimum atomic E-state index is -0.493. The van der Waals surface area contributed by atoms with Crippen molar-refractivity contribution in [3.63, 3.8) is 0 Å². The van der Waals surface area contributed by atoms with E-state index in [1.54, 1.807) is 12.1 Å².